The Kier molecular flexibility index (Phi) is 1.83. The Morgan fingerprint density at radius 1 is 1.31 bits per heavy atom. The van der Waals surface area contributed by atoms with E-state index >= 15 is 0 Å². The van der Waals surface area contributed by atoms with Gasteiger partial charge in [-0.2, -0.15) is 0 Å². The molecule has 2 rings (SSSR count). The summed E-state index contributed by atoms with van der Waals surface area (Å²) in [6.45, 7) is 0. The summed E-state index contributed by atoms with van der Waals surface area (Å²) < 4.78 is 22.3. The molecular weight excluding hydrogens is 208 g/mol. The zero-order valence-corrected chi connectivity index (χ0v) is 8.02. The maximum Gasteiger partial charge on any atom is 0.281 e. The maximum absolute atomic E-state index is 10.8. The van der Waals surface area contributed by atoms with Crippen LogP contribution in [-0.2, 0) is 10.0 Å². The Morgan fingerprint density at radius 2 is 2.00 bits per heavy atom. The second-order valence-electron chi connectivity index (χ2n) is 2.45. The molecule has 1 heterocycles. The Hall–Kier alpha value is -0.980. The van der Waals surface area contributed by atoms with Gasteiger partial charge in [0.05, 0.1) is 10.2 Å². The van der Waals surface area contributed by atoms with Gasteiger partial charge < -0.3 is 0 Å². The number of aromatic nitrogens is 1. The molecule has 2 aromatic rings. The van der Waals surface area contributed by atoms with Crippen molar-refractivity contribution in [2.45, 2.75) is 4.34 Å². The minimum atomic E-state index is -3.91. The predicted octanol–water partition coefficient (Wildman–Crippen LogP) is 1.27. The molecule has 0 spiro atoms. The van der Waals surface area contributed by atoms with Crippen LogP contribution in [0.2, 0.25) is 0 Å². The van der Waals surface area contributed by atoms with Crippen LogP contribution < -0.4 is 5.14 Å². The first-order chi connectivity index (χ1) is 6.07. The van der Waals surface area contributed by atoms with Crippen LogP contribution in [0, 0.1) is 0 Å². The fourth-order valence-electron chi connectivity index (χ4n) is 0.966. The van der Waals surface area contributed by atoms with Gasteiger partial charge in [-0.25, -0.2) is 13.4 Å². The molecule has 0 fully saturated rings. The summed E-state index contributed by atoms with van der Waals surface area (Å²) in [6, 6.07) is 7.09. The quantitative estimate of drug-likeness (QED) is 0.716. The maximum atomic E-state index is 10.8. The number of fused-ring (bicyclic) bond motifs is 1. The molecule has 13 heavy (non-hydrogen) atoms. The van der Waals surface area contributed by atoms with Crippen molar-refractivity contribution in [2.24, 2.45) is 0 Å². The van der Waals surface area contributed by atoms with Crippen LogP contribution in [0.4, 0.5) is 0 Å². The summed E-state index contributed by atoms with van der Waals surface area (Å²) in [5.41, 5.74) is 0.623. The molecule has 67 valence electrons. The summed E-state index contributed by atoms with van der Waals surface area (Å²) >= 11 is 1.02. The Labute approximate surface area is 79.1 Å². The lowest BCUT2D eigenvalue weighted by atomic mass is 10.3. The molecule has 1 N–H and O–H groups in total. The van der Waals surface area contributed by atoms with Gasteiger partial charge in [-0.15, -0.1) is 16.5 Å². The van der Waals surface area contributed by atoms with E-state index in [0.29, 0.717) is 5.52 Å². The lowest BCUT2D eigenvalue weighted by molar-refractivity contribution is 0.595. The van der Waals surface area contributed by atoms with E-state index in [1.807, 2.05) is 0 Å². The zero-order valence-electron chi connectivity index (χ0n) is 6.39. The third-order valence-electron chi connectivity index (χ3n) is 1.50. The van der Waals surface area contributed by atoms with E-state index < -0.39 is 10.0 Å². The zero-order chi connectivity index (χ0) is 9.47. The Balaban J connectivity index is 2.77. The van der Waals surface area contributed by atoms with E-state index in [4.69, 9.17) is 5.14 Å². The predicted molar refractivity (Wildman–Crippen MR) is 49.9 cm³/mol. The highest BCUT2D eigenvalue weighted by Crippen LogP contribution is 2.24. The molecule has 6 heteroatoms. The minimum Gasteiger partial charge on any atom is -0.224 e. The van der Waals surface area contributed by atoms with Crippen molar-refractivity contribution in [1.82, 2.24) is 10.1 Å². The van der Waals surface area contributed by atoms with Crippen LogP contribution in [0.5, 0.6) is 0 Å². The molecule has 0 bridgehead atoms. The van der Waals surface area contributed by atoms with Crippen LogP contribution in [0.1, 0.15) is 0 Å². The second kappa shape index (κ2) is 2.76. The standard InChI is InChI=1S/C7H5N2O2S2/c8-13(10,11)7-9-5-3-1-2-4-6(5)12-7/h1-4,8H. The summed E-state index contributed by atoms with van der Waals surface area (Å²) in [7, 11) is -3.91. The minimum absolute atomic E-state index is 0.145. The van der Waals surface area contributed by atoms with Crippen molar-refractivity contribution >= 4 is 31.6 Å². The van der Waals surface area contributed by atoms with Crippen molar-refractivity contribution in [3.8, 4) is 0 Å². The Bertz CT molecular complexity index is 511. The van der Waals surface area contributed by atoms with Crippen LogP contribution in [-0.4, -0.2) is 13.4 Å². The van der Waals surface area contributed by atoms with E-state index in [1.54, 1.807) is 24.3 Å². The number of nitrogens with one attached hydrogen (secondary N) is 1. The molecular formula is C7H5N2O2S2. The topological polar surface area (TPSA) is 70.8 Å². The highest BCUT2D eigenvalue weighted by atomic mass is 32.2. The fraction of sp³-hybridized carbons (Fsp3) is 0. The molecule has 0 aliphatic carbocycles. The largest absolute Gasteiger partial charge is 0.281 e. The molecule has 1 aromatic heterocycles. The number of sulfonamides is 1. The average molecular weight is 213 g/mol. The van der Waals surface area contributed by atoms with Gasteiger partial charge in [0.1, 0.15) is 0 Å². The van der Waals surface area contributed by atoms with Gasteiger partial charge in [-0.05, 0) is 12.1 Å². The smallest absolute Gasteiger partial charge is 0.224 e. The summed E-state index contributed by atoms with van der Waals surface area (Å²) in [6.07, 6.45) is 0. The first kappa shape index (κ1) is 8.61. The highest BCUT2D eigenvalue weighted by molar-refractivity contribution is 7.91. The average Bonchev–Trinajstić information content (AvgIpc) is 2.45. The van der Waals surface area contributed by atoms with Gasteiger partial charge in [0.2, 0.25) is 4.34 Å². The second-order valence-corrected chi connectivity index (χ2v) is 5.13. The van der Waals surface area contributed by atoms with Gasteiger partial charge in [0.15, 0.2) is 0 Å². The SMILES string of the molecule is [NH]S(=O)(=O)c1nc2ccccc2s1. The van der Waals surface area contributed by atoms with Crippen molar-refractivity contribution in [3.05, 3.63) is 24.3 Å². The van der Waals surface area contributed by atoms with Gasteiger partial charge in [-0.3, -0.25) is 0 Å². The van der Waals surface area contributed by atoms with Crippen molar-refractivity contribution in [3.63, 3.8) is 0 Å². The summed E-state index contributed by atoms with van der Waals surface area (Å²) in [4.78, 5) is 3.83. The molecule has 0 saturated carbocycles. The van der Waals surface area contributed by atoms with Gasteiger partial charge in [0, 0.05) is 0 Å². The molecule has 0 aliphatic heterocycles. The number of hydrogen-bond acceptors (Lipinski definition) is 4. The molecule has 0 amide bonds. The van der Waals surface area contributed by atoms with Gasteiger partial charge >= 0.3 is 0 Å². The lowest BCUT2D eigenvalue weighted by Gasteiger charge is -1.83. The lowest BCUT2D eigenvalue weighted by Crippen LogP contribution is -1.98. The number of rotatable bonds is 1. The van der Waals surface area contributed by atoms with Gasteiger partial charge in [-0.1, -0.05) is 12.1 Å². The normalized spacial score (nSPS) is 12.1. The third kappa shape index (κ3) is 1.55. The monoisotopic (exact) mass is 213 g/mol. The van der Waals surface area contributed by atoms with Crippen LogP contribution in [0.15, 0.2) is 28.6 Å². The Morgan fingerprint density at radius 3 is 2.62 bits per heavy atom. The highest BCUT2D eigenvalue weighted by Gasteiger charge is 2.14. The van der Waals surface area contributed by atoms with Crippen molar-refractivity contribution < 1.29 is 8.42 Å². The molecule has 0 unspecified atom stereocenters. The molecule has 0 atom stereocenters. The van der Waals surface area contributed by atoms with Crippen molar-refractivity contribution in [2.75, 3.05) is 0 Å². The summed E-state index contributed by atoms with van der Waals surface area (Å²) in [5.74, 6) is 0. The van der Waals surface area contributed by atoms with Crippen LogP contribution in [0.3, 0.4) is 0 Å². The number of para-hydroxylation sites is 1. The molecule has 0 saturated heterocycles. The van der Waals surface area contributed by atoms with Crippen LogP contribution in [0.25, 0.3) is 10.2 Å². The summed E-state index contributed by atoms with van der Waals surface area (Å²) in [5, 5.41) is 6.83. The van der Waals surface area contributed by atoms with Crippen LogP contribution >= 0.6 is 11.3 Å². The van der Waals surface area contributed by atoms with E-state index in [9.17, 15) is 8.42 Å². The number of benzene rings is 1. The number of nitrogens with zero attached hydrogens (tertiary/aromatic N) is 1. The number of hydrogen-bond donors (Lipinski definition) is 0. The fourth-order valence-corrected chi connectivity index (χ4v) is 2.59. The molecule has 1 aromatic carbocycles. The van der Waals surface area contributed by atoms with Crippen molar-refractivity contribution in [1.29, 1.82) is 0 Å². The van der Waals surface area contributed by atoms with E-state index in [1.165, 1.54) is 0 Å². The first-order valence-electron chi connectivity index (χ1n) is 3.42. The molecule has 0 aliphatic rings. The van der Waals surface area contributed by atoms with E-state index in [0.717, 1.165) is 16.0 Å². The van der Waals surface area contributed by atoms with Gasteiger partial charge in [0.25, 0.3) is 10.0 Å². The third-order valence-corrected chi connectivity index (χ3v) is 3.79. The number of thiazole rings is 1. The molecule has 1 radical (unpaired) electrons. The first-order valence-corrected chi connectivity index (χ1v) is 5.72. The van der Waals surface area contributed by atoms with E-state index in [2.05, 4.69) is 4.98 Å². The molecule has 4 nitrogen and oxygen atoms in total. The van der Waals surface area contributed by atoms with E-state index in [-0.39, 0.29) is 4.34 Å².